The van der Waals surface area contributed by atoms with Crippen LogP contribution in [0.4, 0.5) is 5.82 Å². The molecule has 2 rings (SSSR count). The molecule has 0 atom stereocenters. The van der Waals surface area contributed by atoms with Crippen molar-refractivity contribution in [3.63, 3.8) is 0 Å². The number of anilines is 1. The lowest BCUT2D eigenvalue weighted by Crippen LogP contribution is -2.12. The fourth-order valence-electron chi connectivity index (χ4n) is 2.00. The van der Waals surface area contributed by atoms with Crippen LogP contribution in [0, 0.1) is 0 Å². The molecule has 9 heteroatoms. The van der Waals surface area contributed by atoms with E-state index in [0.29, 0.717) is 22.6 Å². The molecule has 23 heavy (non-hydrogen) atoms. The number of hydrazone groups is 1. The zero-order valence-electron chi connectivity index (χ0n) is 12.7. The molecule has 0 aliphatic carbocycles. The van der Waals surface area contributed by atoms with E-state index in [2.05, 4.69) is 25.5 Å². The first kappa shape index (κ1) is 16.1. The van der Waals surface area contributed by atoms with Crippen molar-refractivity contribution < 1.29 is 19.4 Å². The van der Waals surface area contributed by atoms with Crippen LogP contribution in [0.2, 0.25) is 0 Å². The topological polar surface area (TPSA) is 129 Å². The van der Waals surface area contributed by atoms with E-state index in [4.69, 9.17) is 9.84 Å². The molecule has 2 aromatic heterocycles. The van der Waals surface area contributed by atoms with Gasteiger partial charge in [-0.25, -0.2) is 14.8 Å². The van der Waals surface area contributed by atoms with Crippen molar-refractivity contribution in [2.75, 3.05) is 12.5 Å². The van der Waals surface area contributed by atoms with Crippen molar-refractivity contribution in [2.45, 2.75) is 13.8 Å². The van der Waals surface area contributed by atoms with Gasteiger partial charge in [-0.05, 0) is 13.8 Å². The number of carbonyl (C=O) groups is 2. The minimum absolute atomic E-state index is 0.0120. The number of H-pyrrole nitrogens is 1. The summed E-state index contributed by atoms with van der Waals surface area (Å²) in [6.07, 6.45) is 4.28. The Morgan fingerprint density at radius 3 is 2.83 bits per heavy atom. The third-order valence-electron chi connectivity index (χ3n) is 2.97. The van der Waals surface area contributed by atoms with Crippen LogP contribution in [-0.4, -0.2) is 46.0 Å². The predicted octanol–water partition coefficient (Wildman–Crippen LogP) is 1.67. The van der Waals surface area contributed by atoms with Gasteiger partial charge in [0, 0.05) is 12.4 Å². The number of hydrogen-bond donors (Lipinski definition) is 3. The fourth-order valence-corrected chi connectivity index (χ4v) is 2.00. The van der Waals surface area contributed by atoms with E-state index in [9.17, 15) is 9.59 Å². The van der Waals surface area contributed by atoms with E-state index in [1.165, 1.54) is 19.5 Å². The van der Waals surface area contributed by atoms with E-state index >= 15 is 0 Å². The third kappa shape index (κ3) is 3.18. The second kappa shape index (κ2) is 6.69. The summed E-state index contributed by atoms with van der Waals surface area (Å²) in [6.45, 7) is 3.46. The summed E-state index contributed by atoms with van der Waals surface area (Å²) >= 11 is 0. The molecule has 0 radical (unpaired) electrons. The van der Waals surface area contributed by atoms with Gasteiger partial charge in [-0.2, -0.15) is 5.10 Å². The Morgan fingerprint density at radius 1 is 1.48 bits per heavy atom. The molecule has 0 aromatic carbocycles. The van der Waals surface area contributed by atoms with Gasteiger partial charge in [-0.1, -0.05) is 0 Å². The third-order valence-corrected chi connectivity index (χ3v) is 2.97. The van der Waals surface area contributed by atoms with Gasteiger partial charge in [0.05, 0.1) is 29.8 Å². The highest BCUT2D eigenvalue weighted by molar-refractivity contribution is 6.42. The number of nitrogens with one attached hydrogen (secondary N) is 2. The van der Waals surface area contributed by atoms with E-state index < -0.39 is 11.8 Å². The smallest absolute Gasteiger partial charge is 0.377 e. The van der Waals surface area contributed by atoms with E-state index in [-0.39, 0.29) is 11.3 Å². The molecule has 120 valence electrons. The average molecular weight is 317 g/mol. The number of aromatic nitrogens is 2. The van der Waals surface area contributed by atoms with Gasteiger partial charge >= 0.3 is 5.97 Å². The van der Waals surface area contributed by atoms with E-state index in [1.54, 1.807) is 20.1 Å². The number of pyridine rings is 1. The summed E-state index contributed by atoms with van der Waals surface area (Å²) in [4.78, 5) is 33.7. The number of carbonyl (C=O) groups excluding carboxylic acids is 1. The number of amidine groups is 1. The molecule has 0 unspecified atom stereocenters. The second-order valence-corrected chi connectivity index (χ2v) is 4.42. The van der Waals surface area contributed by atoms with Gasteiger partial charge < -0.3 is 14.8 Å². The Kier molecular flexibility index (Phi) is 4.69. The molecule has 9 nitrogen and oxygen atoms in total. The first-order valence-electron chi connectivity index (χ1n) is 6.60. The molecule has 0 amide bonds. The van der Waals surface area contributed by atoms with Crippen molar-refractivity contribution in [1.82, 2.24) is 9.97 Å². The highest BCUT2D eigenvalue weighted by atomic mass is 16.5. The van der Waals surface area contributed by atoms with Crippen LogP contribution in [0.15, 0.2) is 22.5 Å². The maximum absolute atomic E-state index is 11.8. The number of fused-ring (bicyclic) bond motifs is 1. The molecule has 0 saturated heterocycles. The number of ether oxygens (including phenoxy) is 1. The lowest BCUT2D eigenvalue weighted by atomic mass is 10.1. The standard InChI is InChI=1S/C14H15N5O4/c1-4-15-7(2)18-19-13-11-10(9(23-3)6-17-13)8(5-16-11)12(20)14(21)22/h4-6,16H,1-3H3,(H,17,19)(H,21,22)/b15-4-,18-7-. The normalized spacial score (nSPS) is 11.9. The van der Waals surface area contributed by atoms with Crippen molar-refractivity contribution in [1.29, 1.82) is 0 Å². The number of ketones is 1. The number of aromatic amines is 1. The quantitative estimate of drug-likeness (QED) is 0.253. The van der Waals surface area contributed by atoms with Crippen LogP contribution in [0.5, 0.6) is 5.75 Å². The van der Waals surface area contributed by atoms with Gasteiger partial charge in [-0.3, -0.25) is 10.2 Å². The Hall–Kier alpha value is -3.23. The number of methoxy groups -OCH3 is 1. The maximum atomic E-state index is 11.8. The monoisotopic (exact) mass is 317 g/mol. The number of carboxylic acids is 1. The Balaban J connectivity index is 2.56. The first-order valence-corrected chi connectivity index (χ1v) is 6.60. The predicted molar refractivity (Wildman–Crippen MR) is 85.5 cm³/mol. The van der Waals surface area contributed by atoms with E-state index in [0.717, 1.165) is 0 Å². The highest BCUT2D eigenvalue weighted by Gasteiger charge is 2.23. The fraction of sp³-hybridized carbons (Fsp3) is 0.214. The highest BCUT2D eigenvalue weighted by Crippen LogP contribution is 2.32. The minimum atomic E-state index is -1.55. The number of carboxylic acid groups (broad SMARTS) is 1. The summed E-state index contributed by atoms with van der Waals surface area (Å²) in [5.74, 6) is -1.52. The molecule has 0 aliphatic heterocycles. The number of Topliss-reactive ketones (excluding diaryl/α,β-unsaturated/α-hetero) is 1. The Bertz CT molecular complexity index is 822. The SMILES string of the molecule is C/C=N\C(C)=N/Nc1ncc(OC)c2c(C(=O)C(=O)O)c[nH]c12. The van der Waals surface area contributed by atoms with Gasteiger partial charge in [-0.15, -0.1) is 0 Å². The number of aliphatic carboxylic acids is 1. The van der Waals surface area contributed by atoms with Gasteiger partial charge in [0.2, 0.25) is 0 Å². The summed E-state index contributed by atoms with van der Waals surface area (Å²) in [6, 6.07) is 0. The second-order valence-electron chi connectivity index (χ2n) is 4.42. The molecular weight excluding hydrogens is 302 g/mol. The zero-order valence-corrected chi connectivity index (χ0v) is 12.7. The van der Waals surface area contributed by atoms with Gasteiger partial charge in [0.25, 0.3) is 5.78 Å². The average Bonchev–Trinajstić information content (AvgIpc) is 2.97. The van der Waals surface area contributed by atoms with Crippen LogP contribution in [0.25, 0.3) is 10.9 Å². The summed E-state index contributed by atoms with van der Waals surface area (Å²) in [5.41, 5.74) is 3.12. The van der Waals surface area contributed by atoms with Gasteiger partial charge in [0.1, 0.15) is 11.6 Å². The number of rotatable bonds is 5. The minimum Gasteiger partial charge on any atom is -0.494 e. The number of nitrogens with zero attached hydrogens (tertiary/aromatic N) is 3. The number of hydrogen-bond acceptors (Lipinski definition) is 6. The molecule has 0 aliphatic rings. The molecule has 3 N–H and O–H groups in total. The molecule has 2 heterocycles. The molecule has 2 aromatic rings. The molecule has 0 saturated carbocycles. The largest absolute Gasteiger partial charge is 0.494 e. The summed E-state index contributed by atoms with van der Waals surface area (Å²) in [7, 11) is 1.41. The van der Waals surface area contributed by atoms with Crippen LogP contribution in [-0.2, 0) is 4.79 Å². The Morgan fingerprint density at radius 2 is 2.22 bits per heavy atom. The van der Waals surface area contributed by atoms with Crippen LogP contribution >= 0.6 is 0 Å². The van der Waals surface area contributed by atoms with Crippen molar-refractivity contribution in [2.24, 2.45) is 10.1 Å². The first-order chi connectivity index (χ1) is 11.0. The lowest BCUT2D eigenvalue weighted by molar-refractivity contribution is -0.131. The van der Waals surface area contributed by atoms with E-state index in [1.807, 2.05) is 0 Å². The van der Waals surface area contributed by atoms with Crippen molar-refractivity contribution >= 4 is 40.5 Å². The Labute approximate surface area is 131 Å². The molecular formula is C14H15N5O4. The maximum Gasteiger partial charge on any atom is 0.377 e. The molecule has 0 bridgehead atoms. The van der Waals surface area contributed by atoms with Crippen molar-refractivity contribution in [3.8, 4) is 5.75 Å². The summed E-state index contributed by atoms with van der Waals surface area (Å²) in [5, 5.41) is 13.3. The zero-order chi connectivity index (χ0) is 17.0. The molecule has 0 spiro atoms. The van der Waals surface area contributed by atoms with Crippen LogP contribution < -0.4 is 10.2 Å². The number of aliphatic imine (C=N–C) groups is 1. The van der Waals surface area contributed by atoms with Gasteiger partial charge in [0.15, 0.2) is 5.82 Å². The molecule has 0 fully saturated rings. The van der Waals surface area contributed by atoms with Crippen LogP contribution in [0.1, 0.15) is 24.2 Å². The van der Waals surface area contributed by atoms with Crippen LogP contribution in [0.3, 0.4) is 0 Å². The lowest BCUT2D eigenvalue weighted by Gasteiger charge is -2.06. The summed E-state index contributed by atoms with van der Waals surface area (Å²) < 4.78 is 5.16. The van der Waals surface area contributed by atoms with Crippen molar-refractivity contribution in [3.05, 3.63) is 18.0 Å².